The molecule has 2 heterocycles. The number of hydrogen-bond acceptors (Lipinski definition) is 7. The minimum absolute atomic E-state index is 0.0211. The Labute approximate surface area is 356 Å². The van der Waals surface area contributed by atoms with Crippen LogP contribution in [0.2, 0.25) is 0 Å². The Morgan fingerprint density at radius 1 is 0.542 bits per heavy atom. The van der Waals surface area contributed by atoms with Gasteiger partial charge in [0.15, 0.2) is 0 Å². The lowest BCUT2D eigenvalue weighted by molar-refractivity contribution is -0.141. The van der Waals surface area contributed by atoms with Crippen LogP contribution in [0.3, 0.4) is 0 Å². The van der Waals surface area contributed by atoms with Gasteiger partial charge in [0.1, 0.15) is 11.5 Å². The van der Waals surface area contributed by atoms with Crippen LogP contribution in [-0.2, 0) is 14.3 Å². The third kappa shape index (κ3) is 12.0. The van der Waals surface area contributed by atoms with Crippen molar-refractivity contribution in [3.8, 4) is 11.5 Å². The molecule has 2 aliphatic rings. The van der Waals surface area contributed by atoms with Crippen molar-refractivity contribution < 1.29 is 28.9 Å². The summed E-state index contributed by atoms with van der Waals surface area (Å²) >= 11 is 3.27. The summed E-state index contributed by atoms with van der Waals surface area (Å²) in [6.45, 7) is 0. The van der Waals surface area contributed by atoms with Crippen LogP contribution in [0.15, 0.2) is 144 Å². The molecular weight excluding hydrogens is 773 g/mol. The lowest BCUT2D eigenvalue weighted by Gasteiger charge is -2.29. The molecule has 0 bridgehead atoms. The molecule has 2 aromatic heterocycles. The van der Waals surface area contributed by atoms with Gasteiger partial charge in [0, 0.05) is 21.6 Å². The minimum atomic E-state index is -0.779. The molecule has 6 nitrogen and oxygen atoms in total. The molecule has 6 aromatic rings. The van der Waals surface area contributed by atoms with Crippen LogP contribution in [0.5, 0.6) is 11.5 Å². The van der Waals surface area contributed by atoms with Crippen molar-refractivity contribution in [2.24, 2.45) is 0 Å². The molecule has 8 heteroatoms. The Kier molecular flexibility index (Phi) is 15.1. The molecule has 0 radical (unpaired) electrons. The van der Waals surface area contributed by atoms with E-state index in [0.29, 0.717) is 18.3 Å². The maximum absolute atomic E-state index is 11.9. The number of esters is 1. The fourth-order valence-electron chi connectivity index (χ4n) is 8.59. The summed E-state index contributed by atoms with van der Waals surface area (Å²) in [5.74, 6) is 2.01. The highest BCUT2D eigenvalue weighted by Crippen LogP contribution is 2.38. The van der Waals surface area contributed by atoms with E-state index in [-0.39, 0.29) is 36.4 Å². The molecule has 59 heavy (non-hydrogen) atoms. The number of carboxylic acid groups (broad SMARTS) is 1. The van der Waals surface area contributed by atoms with Crippen molar-refractivity contribution in [2.75, 3.05) is 7.11 Å². The standard InChI is InChI=1S/C26H28O3S.C25H26O3S/c1-28-26(27)18-24(25-8-5-17-30-25)21-11-15-23(16-12-21)29-22-13-9-20(10-14-22)19-6-3-2-4-7-19;26-25(27)17-23(24-7-4-16-29-24)20-10-14-22(15-11-20)28-21-12-8-19(9-13-21)18-5-2-1-3-6-18/h2-8,11-12,15-17,20,22,24H,9-10,13-14,18H2,1H3;1-7,10-11,14-16,19,21,23H,8-9,12-13,17H2,(H,26,27). The van der Waals surface area contributed by atoms with Gasteiger partial charge >= 0.3 is 11.9 Å². The first-order chi connectivity index (χ1) is 28.9. The van der Waals surface area contributed by atoms with Gasteiger partial charge in [-0.05, 0) is 133 Å². The van der Waals surface area contributed by atoms with Gasteiger partial charge in [0.05, 0.1) is 32.2 Å². The number of methoxy groups -OCH3 is 1. The van der Waals surface area contributed by atoms with Crippen LogP contribution >= 0.6 is 22.7 Å². The summed E-state index contributed by atoms with van der Waals surface area (Å²) < 4.78 is 17.4. The van der Waals surface area contributed by atoms with E-state index in [1.54, 1.807) is 22.7 Å². The minimum Gasteiger partial charge on any atom is -0.490 e. The van der Waals surface area contributed by atoms with Crippen molar-refractivity contribution in [2.45, 2.75) is 100 Å². The lowest BCUT2D eigenvalue weighted by atomic mass is 9.83. The number of benzene rings is 4. The molecule has 2 saturated carbocycles. The highest BCUT2D eigenvalue weighted by atomic mass is 32.1. The molecule has 0 saturated heterocycles. The highest BCUT2D eigenvalue weighted by Gasteiger charge is 2.26. The Morgan fingerprint density at radius 3 is 1.31 bits per heavy atom. The van der Waals surface area contributed by atoms with Crippen LogP contribution < -0.4 is 9.47 Å². The number of carbonyl (C=O) groups is 2. The molecular formula is C51H54O6S2. The molecule has 2 atom stereocenters. The fourth-order valence-corrected chi connectivity index (χ4v) is 10.3. The monoisotopic (exact) mass is 826 g/mol. The molecule has 1 N–H and O–H groups in total. The first kappa shape index (κ1) is 42.0. The number of rotatable bonds is 14. The molecule has 8 rings (SSSR count). The summed E-state index contributed by atoms with van der Waals surface area (Å²) in [6, 6.07) is 45.9. The van der Waals surface area contributed by atoms with E-state index in [2.05, 4.69) is 78.9 Å². The average molecular weight is 827 g/mol. The van der Waals surface area contributed by atoms with Crippen LogP contribution in [0, 0.1) is 0 Å². The third-order valence-electron chi connectivity index (χ3n) is 11.8. The third-order valence-corrected chi connectivity index (χ3v) is 13.8. The zero-order valence-electron chi connectivity index (χ0n) is 33.7. The second-order valence-corrected chi connectivity index (χ2v) is 17.6. The predicted molar refractivity (Wildman–Crippen MR) is 238 cm³/mol. The second kappa shape index (κ2) is 21.2. The summed E-state index contributed by atoms with van der Waals surface area (Å²) in [7, 11) is 1.44. The van der Waals surface area contributed by atoms with Crippen LogP contribution in [0.4, 0.5) is 0 Å². The van der Waals surface area contributed by atoms with Crippen molar-refractivity contribution in [3.63, 3.8) is 0 Å². The van der Waals surface area contributed by atoms with Gasteiger partial charge in [0.2, 0.25) is 0 Å². The van der Waals surface area contributed by atoms with Crippen molar-refractivity contribution >= 4 is 34.6 Å². The largest absolute Gasteiger partial charge is 0.490 e. The van der Waals surface area contributed by atoms with Gasteiger partial charge in [-0.3, -0.25) is 9.59 Å². The molecule has 2 aliphatic carbocycles. The first-order valence-corrected chi connectivity index (χ1v) is 22.7. The number of carbonyl (C=O) groups excluding carboxylic acids is 1. The number of hydrogen-bond donors (Lipinski definition) is 1. The molecule has 2 unspecified atom stereocenters. The molecule has 306 valence electrons. The van der Waals surface area contributed by atoms with E-state index in [4.69, 9.17) is 14.2 Å². The summed E-state index contributed by atoms with van der Waals surface area (Å²) in [5.41, 5.74) is 5.02. The summed E-state index contributed by atoms with van der Waals surface area (Å²) in [5, 5.41) is 13.3. The van der Waals surface area contributed by atoms with Crippen LogP contribution in [0.25, 0.3) is 0 Å². The van der Waals surface area contributed by atoms with Gasteiger partial charge in [-0.2, -0.15) is 0 Å². The number of carboxylic acids is 1. The zero-order valence-corrected chi connectivity index (χ0v) is 35.3. The van der Waals surface area contributed by atoms with Gasteiger partial charge in [0.25, 0.3) is 0 Å². The van der Waals surface area contributed by atoms with E-state index < -0.39 is 5.97 Å². The summed E-state index contributed by atoms with van der Waals surface area (Å²) in [4.78, 5) is 25.5. The summed E-state index contributed by atoms with van der Waals surface area (Å²) in [6.07, 6.45) is 9.95. The van der Waals surface area contributed by atoms with Crippen molar-refractivity contribution in [3.05, 3.63) is 176 Å². The molecule has 0 spiro atoms. The SMILES string of the molecule is COC(=O)CC(c1ccc(OC2CCC(c3ccccc3)CC2)cc1)c1cccs1.O=C(O)CC(c1ccc(OC2CCC(c3ccccc3)CC2)cc1)c1cccs1. The van der Waals surface area contributed by atoms with Gasteiger partial charge in [-0.1, -0.05) is 97.1 Å². The zero-order chi connectivity index (χ0) is 40.8. The van der Waals surface area contributed by atoms with E-state index in [0.717, 1.165) is 66.0 Å². The van der Waals surface area contributed by atoms with Crippen molar-refractivity contribution in [1.29, 1.82) is 0 Å². The number of aliphatic carboxylic acids is 1. The van der Waals surface area contributed by atoms with E-state index in [1.807, 2.05) is 65.4 Å². The average Bonchev–Trinajstić information content (AvgIpc) is 4.03. The topological polar surface area (TPSA) is 82.1 Å². The Hall–Kier alpha value is -5.18. The van der Waals surface area contributed by atoms with E-state index in [1.165, 1.54) is 36.0 Å². The Morgan fingerprint density at radius 2 is 0.949 bits per heavy atom. The van der Waals surface area contributed by atoms with Crippen molar-refractivity contribution in [1.82, 2.24) is 0 Å². The Bertz CT molecular complexity index is 2120. The maximum atomic E-state index is 11.9. The van der Waals surface area contributed by atoms with Crippen LogP contribution in [0.1, 0.15) is 120 Å². The van der Waals surface area contributed by atoms with E-state index >= 15 is 0 Å². The predicted octanol–water partition coefficient (Wildman–Crippen LogP) is 13.0. The van der Waals surface area contributed by atoms with Gasteiger partial charge in [-0.25, -0.2) is 0 Å². The first-order valence-electron chi connectivity index (χ1n) is 20.9. The normalized spacial score (nSPS) is 19.9. The Balaban J connectivity index is 0.000000179. The smallest absolute Gasteiger partial charge is 0.306 e. The second-order valence-electron chi connectivity index (χ2n) is 15.7. The maximum Gasteiger partial charge on any atom is 0.306 e. The molecule has 0 amide bonds. The molecule has 0 aliphatic heterocycles. The van der Waals surface area contributed by atoms with E-state index in [9.17, 15) is 14.7 Å². The quantitative estimate of drug-likeness (QED) is 0.110. The molecule has 4 aromatic carbocycles. The van der Waals surface area contributed by atoms with Gasteiger partial charge < -0.3 is 19.3 Å². The fraction of sp³-hybridized carbons (Fsp3) is 0.333. The molecule has 2 fully saturated rings. The number of ether oxygens (including phenoxy) is 3. The van der Waals surface area contributed by atoms with Crippen LogP contribution in [-0.4, -0.2) is 36.4 Å². The van der Waals surface area contributed by atoms with Gasteiger partial charge in [-0.15, -0.1) is 22.7 Å². The highest BCUT2D eigenvalue weighted by molar-refractivity contribution is 7.10. The lowest BCUT2D eigenvalue weighted by Crippen LogP contribution is -2.23. The number of thiophene rings is 2.